The van der Waals surface area contributed by atoms with E-state index in [1.807, 2.05) is 0 Å². The summed E-state index contributed by atoms with van der Waals surface area (Å²) in [5, 5.41) is 10.8. The molecule has 2 heterocycles. The monoisotopic (exact) mass is 240 g/mol. The van der Waals surface area contributed by atoms with E-state index in [1.54, 1.807) is 0 Å². The summed E-state index contributed by atoms with van der Waals surface area (Å²) >= 11 is 0. The molecule has 1 unspecified atom stereocenters. The Hall–Kier alpha value is -2.22. The molecule has 0 spiro atoms. The molecule has 1 aromatic rings. The lowest BCUT2D eigenvalue weighted by Gasteiger charge is -2.22. The summed E-state index contributed by atoms with van der Waals surface area (Å²) in [5.74, 6) is -2.04. The molecule has 0 N–H and O–H groups in total. The normalized spacial score (nSPS) is 23.0. The summed E-state index contributed by atoms with van der Waals surface area (Å²) in [4.78, 5) is 24.7. The van der Waals surface area contributed by atoms with Gasteiger partial charge in [0.15, 0.2) is 6.61 Å². The zero-order valence-corrected chi connectivity index (χ0v) is 8.78. The summed E-state index contributed by atoms with van der Waals surface area (Å²) in [5.41, 5.74) is 0.0401. The predicted octanol–water partition coefficient (Wildman–Crippen LogP) is 0.956. The average Bonchev–Trinajstić information content (AvgIpc) is 2.72. The highest BCUT2D eigenvalue weighted by Gasteiger charge is 2.49. The number of hydrogen-bond acceptors (Lipinski definition) is 7. The van der Waals surface area contributed by atoms with Crippen LogP contribution in [0.2, 0.25) is 0 Å². The van der Waals surface area contributed by atoms with Gasteiger partial charge in [0.1, 0.15) is 11.8 Å². The van der Waals surface area contributed by atoms with E-state index in [0.29, 0.717) is 0 Å². The van der Waals surface area contributed by atoms with Gasteiger partial charge in [-0.3, -0.25) is 0 Å². The van der Waals surface area contributed by atoms with Gasteiger partial charge >= 0.3 is 12.0 Å². The Bertz CT molecular complexity index is 476. The predicted molar refractivity (Wildman–Crippen MR) is 52.0 cm³/mol. The number of nitrogens with zero attached hydrogens (tertiary/aromatic N) is 2. The van der Waals surface area contributed by atoms with E-state index >= 15 is 0 Å². The third-order valence-electron chi connectivity index (χ3n) is 2.33. The van der Waals surface area contributed by atoms with E-state index in [9.17, 15) is 14.9 Å². The highest BCUT2D eigenvalue weighted by Crippen LogP contribution is 2.36. The van der Waals surface area contributed by atoms with Crippen molar-refractivity contribution in [3.05, 3.63) is 34.0 Å². The van der Waals surface area contributed by atoms with Crippen LogP contribution >= 0.6 is 0 Å². The molecular weight excluding hydrogens is 232 g/mol. The molecule has 17 heavy (non-hydrogen) atoms. The molecule has 0 amide bonds. The smallest absolute Gasteiger partial charge is 0.427 e. The van der Waals surface area contributed by atoms with Crippen LogP contribution in [0.15, 0.2) is 18.3 Å². The third kappa shape index (κ3) is 1.78. The van der Waals surface area contributed by atoms with Gasteiger partial charge < -0.3 is 24.3 Å². The van der Waals surface area contributed by atoms with Crippen LogP contribution in [0.5, 0.6) is 0 Å². The molecule has 1 aromatic heterocycles. The number of cyclic esters (lactones) is 2. The van der Waals surface area contributed by atoms with Crippen molar-refractivity contribution < 1.29 is 23.9 Å². The van der Waals surface area contributed by atoms with Gasteiger partial charge in [-0.2, -0.15) is 0 Å². The molecule has 8 heteroatoms. The molecule has 0 saturated carbocycles. The fourth-order valence-corrected chi connectivity index (χ4v) is 1.53. The minimum Gasteiger partial charge on any atom is -0.427 e. The van der Waals surface area contributed by atoms with Crippen LogP contribution in [0.3, 0.4) is 0 Å². The number of carbonyl (C=O) groups is 1. The standard InChI is InChI=1S/C9H8N2O6/c1-15-9(5-16-8(12)17-9)6-3-2-4-10-7(6)11(13)14/h2-4H,5H2,1H3. The number of rotatable bonds is 3. The molecule has 1 saturated heterocycles. The summed E-state index contributed by atoms with van der Waals surface area (Å²) in [6, 6.07) is 2.88. The quantitative estimate of drug-likeness (QED) is 0.440. The van der Waals surface area contributed by atoms with E-state index in [2.05, 4.69) is 9.72 Å². The van der Waals surface area contributed by atoms with Gasteiger partial charge in [0.05, 0.1) is 0 Å². The Morgan fingerprint density at radius 3 is 2.94 bits per heavy atom. The summed E-state index contributed by atoms with van der Waals surface area (Å²) < 4.78 is 14.5. The van der Waals surface area contributed by atoms with Crippen LogP contribution in [-0.2, 0) is 20.0 Å². The van der Waals surface area contributed by atoms with Gasteiger partial charge in [-0.1, -0.05) is 0 Å². The average molecular weight is 240 g/mol. The van der Waals surface area contributed by atoms with Crippen molar-refractivity contribution in [2.24, 2.45) is 0 Å². The molecule has 8 nitrogen and oxygen atoms in total. The van der Waals surface area contributed by atoms with Crippen LogP contribution < -0.4 is 0 Å². The first kappa shape index (κ1) is 11.3. The van der Waals surface area contributed by atoms with E-state index in [1.165, 1.54) is 25.4 Å². The number of ether oxygens (including phenoxy) is 3. The first-order valence-electron chi connectivity index (χ1n) is 4.60. The molecule has 2 rings (SSSR count). The fourth-order valence-electron chi connectivity index (χ4n) is 1.53. The lowest BCUT2D eigenvalue weighted by Crippen LogP contribution is -2.32. The molecule has 1 aliphatic heterocycles. The first-order chi connectivity index (χ1) is 8.09. The Labute approximate surface area is 95.3 Å². The fraction of sp³-hybridized carbons (Fsp3) is 0.333. The Morgan fingerprint density at radius 1 is 1.65 bits per heavy atom. The maximum absolute atomic E-state index is 11.0. The van der Waals surface area contributed by atoms with Gasteiger partial charge in [-0.25, -0.2) is 4.79 Å². The van der Waals surface area contributed by atoms with Gasteiger partial charge in [0.25, 0.3) is 5.79 Å². The topological polar surface area (TPSA) is 101 Å². The lowest BCUT2D eigenvalue weighted by molar-refractivity contribution is -0.392. The van der Waals surface area contributed by atoms with Gasteiger partial charge in [0, 0.05) is 7.11 Å². The number of aromatic nitrogens is 1. The number of pyridine rings is 1. The largest absolute Gasteiger partial charge is 0.511 e. The molecule has 1 fully saturated rings. The van der Waals surface area contributed by atoms with Crippen molar-refractivity contribution in [2.75, 3.05) is 13.7 Å². The number of methoxy groups -OCH3 is 1. The molecular formula is C9H8N2O6. The van der Waals surface area contributed by atoms with E-state index in [0.717, 1.165) is 0 Å². The Balaban J connectivity index is 2.51. The summed E-state index contributed by atoms with van der Waals surface area (Å²) in [6.45, 7) is -0.255. The maximum Gasteiger partial charge on any atom is 0.511 e. The van der Waals surface area contributed by atoms with Crippen molar-refractivity contribution in [1.29, 1.82) is 0 Å². The van der Waals surface area contributed by atoms with Gasteiger partial charge in [-0.15, -0.1) is 0 Å². The van der Waals surface area contributed by atoms with Crippen LogP contribution in [0.1, 0.15) is 5.56 Å². The molecule has 0 bridgehead atoms. The zero-order valence-electron chi connectivity index (χ0n) is 8.78. The minimum absolute atomic E-state index is 0.0401. The number of hydrogen-bond donors (Lipinski definition) is 0. The second-order valence-corrected chi connectivity index (χ2v) is 3.23. The zero-order chi connectivity index (χ0) is 12.5. The Morgan fingerprint density at radius 2 is 2.41 bits per heavy atom. The number of carbonyl (C=O) groups excluding carboxylic acids is 1. The van der Waals surface area contributed by atoms with Crippen LogP contribution in [0, 0.1) is 10.1 Å². The van der Waals surface area contributed by atoms with Gasteiger partial charge in [0.2, 0.25) is 0 Å². The second-order valence-electron chi connectivity index (χ2n) is 3.23. The van der Waals surface area contributed by atoms with Crippen LogP contribution in [-0.4, -0.2) is 29.8 Å². The third-order valence-corrected chi connectivity index (χ3v) is 2.33. The van der Waals surface area contributed by atoms with Crippen molar-refractivity contribution >= 4 is 12.0 Å². The lowest BCUT2D eigenvalue weighted by atomic mass is 10.1. The molecule has 1 atom stereocenters. The summed E-state index contributed by atoms with van der Waals surface area (Å²) in [6.07, 6.45) is 0.327. The van der Waals surface area contributed by atoms with Crippen molar-refractivity contribution in [3.8, 4) is 0 Å². The van der Waals surface area contributed by atoms with Crippen molar-refractivity contribution in [1.82, 2.24) is 4.98 Å². The molecule has 0 aromatic carbocycles. The summed E-state index contributed by atoms with van der Waals surface area (Å²) in [7, 11) is 1.26. The van der Waals surface area contributed by atoms with Crippen molar-refractivity contribution in [3.63, 3.8) is 0 Å². The highest BCUT2D eigenvalue weighted by atomic mass is 16.8. The second kappa shape index (κ2) is 3.98. The van der Waals surface area contributed by atoms with Crippen LogP contribution in [0.4, 0.5) is 10.6 Å². The van der Waals surface area contributed by atoms with Gasteiger partial charge in [-0.05, 0) is 22.0 Å². The van der Waals surface area contributed by atoms with E-state index in [4.69, 9.17) is 9.47 Å². The molecule has 90 valence electrons. The highest BCUT2D eigenvalue weighted by molar-refractivity contribution is 5.63. The molecule has 0 aliphatic carbocycles. The van der Waals surface area contributed by atoms with Crippen molar-refractivity contribution in [2.45, 2.75) is 5.79 Å². The number of nitro groups is 1. The van der Waals surface area contributed by atoms with Crippen LogP contribution in [0.25, 0.3) is 0 Å². The SMILES string of the molecule is COC1(c2cccnc2[N+](=O)[O-])COC(=O)O1. The van der Waals surface area contributed by atoms with E-state index < -0.39 is 22.7 Å². The molecule has 0 radical (unpaired) electrons. The molecule has 1 aliphatic rings. The maximum atomic E-state index is 11.0. The minimum atomic E-state index is -1.60. The van der Waals surface area contributed by atoms with E-state index in [-0.39, 0.29) is 12.2 Å². The Kier molecular flexibility index (Phi) is 2.64. The first-order valence-corrected chi connectivity index (χ1v) is 4.60.